The first-order chi connectivity index (χ1) is 3.83. The van der Waals surface area contributed by atoms with Crippen LogP contribution in [0.25, 0.3) is 0 Å². The van der Waals surface area contributed by atoms with Crippen LogP contribution in [-0.4, -0.2) is 37.2 Å². The van der Waals surface area contributed by atoms with E-state index in [2.05, 4.69) is 9.89 Å². The van der Waals surface area contributed by atoms with Crippen molar-refractivity contribution in [2.45, 2.75) is 6.04 Å². The summed E-state index contributed by atoms with van der Waals surface area (Å²) in [6, 6.07) is 0.234. The van der Waals surface area contributed by atoms with Crippen molar-refractivity contribution >= 4 is 6.08 Å². The fraction of sp³-hybridized carbons (Fsp3) is 0.800. The molecule has 0 amide bonds. The molecule has 1 aliphatic heterocycles. The number of hydrogen-bond acceptors (Lipinski definition) is 3. The largest absolute Gasteiger partial charge is 0.302 e. The minimum Gasteiger partial charge on any atom is -0.302 e. The van der Waals surface area contributed by atoms with E-state index in [1.165, 1.54) is 6.08 Å². The molecule has 0 saturated carbocycles. The SMILES string of the molecule is CN1CC(N=C=O)C1. The summed E-state index contributed by atoms with van der Waals surface area (Å²) in [6.45, 7) is 1.82. The summed E-state index contributed by atoms with van der Waals surface area (Å²) in [4.78, 5) is 15.2. The fourth-order valence-electron chi connectivity index (χ4n) is 0.822. The normalized spacial score (nSPS) is 21.6. The van der Waals surface area contributed by atoms with Crippen LogP contribution >= 0.6 is 0 Å². The number of hydrogen-bond donors (Lipinski definition) is 0. The molecular formula is C5H8N2O. The van der Waals surface area contributed by atoms with Gasteiger partial charge in [0.15, 0.2) is 0 Å². The molecule has 1 rings (SSSR count). The van der Waals surface area contributed by atoms with E-state index in [0.717, 1.165) is 13.1 Å². The first-order valence-corrected chi connectivity index (χ1v) is 2.58. The van der Waals surface area contributed by atoms with Gasteiger partial charge in [-0.3, -0.25) is 0 Å². The third kappa shape index (κ3) is 0.941. The van der Waals surface area contributed by atoms with E-state index in [1.807, 2.05) is 7.05 Å². The van der Waals surface area contributed by atoms with Gasteiger partial charge >= 0.3 is 0 Å². The molecule has 0 atom stereocenters. The monoisotopic (exact) mass is 112 g/mol. The van der Waals surface area contributed by atoms with Crippen LogP contribution in [0, 0.1) is 0 Å². The lowest BCUT2D eigenvalue weighted by Crippen LogP contribution is -2.46. The molecule has 0 aliphatic carbocycles. The van der Waals surface area contributed by atoms with E-state index < -0.39 is 0 Å². The maximum Gasteiger partial charge on any atom is 0.235 e. The first-order valence-electron chi connectivity index (χ1n) is 2.58. The zero-order valence-electron chi connectivity index (χ0n) is 4.79. The molecule has 1 heterocycles. The summed E-state index contributed by atoms with van der Waals surface area (Å²) in [5.74, 6) is 0. The summed E-state index contributed by atoms with van der Waals surface area (Å²) < 4.78 is 0. The highest BCUT2D eigenvalue weighted by Crippen LogP contribution is 2.05. The Morgan fingerprint density at radius 2 is 2.38 bits per heavy atom. The molecule has 8 heavy (non-hydrogen) atoms. The molecule has 0 bridgehead atoms. The summed E-state index contributed by atoms with van der Waals surface area (Å²) in [7, 11) is 2.00. The zero-order chi connectivity index (χ0) is 5.98. The van der Waals surface area contributed by atoms with Gasteiger partial charge in [0.1, 0.15) is 0 Å². The van der Waals surface area contributed by atoms with Crippen molar-refractivity contribution in [3.05, 3.63) is 0 Å². The smallest absolute Gasteiger partial charge is 0.235 e. The van der Waals surface area contributed by atoms with E-state index in [9.17, 15) is 4.79 Å². The molecule has 3 nitrogen and oxygen atoms in total. The second kappa shape index (κ2) is 2.07. The summed E-state index contributed by atoms with van der Waals surface area (Å²) in [6.07, 6.45) is 1.54. The lowest BCUT2D eigenvalue weighted by Gasteiger charge is -2.31. The van der Waals surface area contributed by atoms with Crippen LogP contribution in [0.1, 0.15) is 0 Å². The van der Waals surface area contributed by atoms with Crippen molar-refractivity contribution in [2.24, 2.45) is 4.99 Å². The standard InChI is InChI=1S/C5H8N2O/c1-7-2-5(3-7)6-4-8/h5H,2-3H2,1H3. The van der Waals surface area contributed by atoms with E-state index in [4.69, 9.17) is 0 Å². The van der Waals surface area contributed by atoms with Crippen LogP contribution in [-0.2, 0) is 4.79 Å². The molecular weight excluding hydrogens is 104 g/mol. The van der Waals surface area contributed by atoms with Gasteiger partial charge in [-0.05, 0) is 7.05 Å². The lowest BCUT2D eigenvalue weighted by atomic mass is 10.1. The Morgan fingerprint density at radius 1 is 1.75 bits per heavy atom. The highest BCUT2D eigenvalue weighted by atomic mass is 16.1. The Balaban J connectivity index is 2.25. The second-order valence-electron chi connectivity index (χ2n) is 2.10. The number of carbonyl (C=O) groups excluding carboxylic acids is 1. The van der Waals surface area contributed by atoms with E-state index in [-0.39, 0.29) is 6.04 Å². The Kier molecular flexibility index (Phi) is 1.42. The summed E-state index contributed by atoms with van der Waals surface area (Å²) in [5, 5.41) is 0. The molecule has 0 aromatic carbocycles. The molecule has 1 aliphatic rings. The fourth-order valence-corrected chi connectivity index (χ4v) is 0.822. The number of aliphatic imine (C=N–C) groups is 1. The summed E-state index contributed by atoms with van der Waals surface area (Å²) in [5.41, 5.74) is 0. The van der Waals surface area contributed by atoms with Crippen LogP contribution in [0.5, 0.6) is 0 Å². The van der Waals surface area contributed by atoms with Crippen LogP contribution in [0.3, 0.4) is 0 Å². The molecule has 0 aromatic rings. The second-order valence-corrected chi connectivity index (χ2v) is 2.10. The number of likely N-dealkylation sites (tertiary alicyclic amines) is 1. The van der Waals surface area contributed by atoms with Gasteiger partial charge in [-0.2, -0.15) is 4.99 Å². The average molecular weight is 112 g/mol. The maximum atomic E-state index is 9.60. The van der Waals surface area contributed by atoms with Gasteiger partial charge in [-0.15, -0.1) is 0 Å². The van der Waals surface area contributed by atoms with Gasteiger partial charge in [-0.25, -0.2) is 4.79 Å². The Hall–Kier alpha value is -0.660. The average Bonchev–Trinajstić information content (AvgIpc) is 1.64. The molecule has 0 unspecified atom stereocenters. The number of likely N-dealkylation sites (N-methyl/N-ethyl adjacent to an activating group) is 1. The van der Waals surface area contributed by atoms with Gasteiger partial charge in [0, 0.05) is 13.1 Å². The minimum atomic E-state index is 0.234. The third-order valence-electron chi connectivity index (χ3n) is 1.28. The van der Waals surface area contributed by atoms with Crippen LogP contribution in [0.4, 0.5) is 0 Å². The van der Waals surface area contributed by atoms with E-state index >= 15 is 0 Å². The molecule has 1 fully saturated rings. The van der Waals surface area contributed by atoms with Gasteiger partial charge in [0.05, 0.1) is 6.04 Å². The highest BCUT2D eigenvalue weighted by Gasteiger charge is 2.21. The van der Waals surface area contributed by atoms with Gasteiger partial charge < -0.3 is 4.90 Å². The van der Waals surface area contributed by atoms with Crippen LogP contribution < -0.4 is 0 Å². The van der Waals surface area contributed by atoms with Crippen molar-refractivity contribution < 1.29 is 4.79 Å². The van der Waals surface area contributed by atoms with Crippen molar-refractivity contribution in [1.29, 1.82) is 0 Å². The molecule has 0 N–H and O–H groups in total. The van der Waals surface area contributed by atoms with E-state index in [1.54, 1.807) is 0 Å². The third-order valence-corrected chi connectivity index (χ3v) is 1.28. The quantitative estimate of drug-likeness (QED) is 0.342. The number of rotatable bonds is 1. The maximum absolute atomic E-state index is 9.60. The van der Waals surface area contributed by atoms with Gasteiger partial charge in [0.25, 0.3) is 0 Å². The number of nitrogens with zero attached hydrogens (tertiary/aromatic N) is 2. The predicted octanol–water partition coefficient (Wildman–Crippen LogP) is -0.364. The molecule has 3 heteroatoms. The lowest BCUT2D eigenvalue weighted by molar-refractivity contribution is 0.193. The molecule has 44 valence electrons. The van der Waals surface area contributed by atoms with Gasteiger partial charge in [-0.1, -0.05) is 0 Å². The Labute approximate surface area is 48.0 Å². The molecule has 0 spiro atoms. The topological polar surface area (TPSA) is 32.7 Å². The van der Waals surface area contributed by atoms with Crippen molar-refractivity contribution in [2.75, 3.05) is 20.1 Å². The van der Waals surface area contributed by atoms with Crippen molar-refractivity contribution in [3.63, 3.8) is 0 Å². The van der Waals surface area contributed by atoms with Crippen molar-refractivity contribution in [3.8, 4) is 0 Å². The van der Waals surface area contributed by atoms with Crippen LogP contribution in [0.15, 0.2) is 4.99 Å². The van der Waals surface area contributed by atoms with E-state index in [0.29, 0.717) is 0 Å². The highest BCUT2D eigenvalue weighted by molar-refractivity contribution is 5.34. The summed E-state index contributed by atoms with van der Waals surface area (Å²) >= 11 is 0. The number of isocyanates is 1. The molecule has 1 saturated heterocycles. The van der Waals surface area contributed by atoms with Crippen LogP contribution in [0.2, 0.25) is 0 Å². The van der Waals surface area contributed by atoms with Gasteiger partial charge in [0.2, 0.25) is 6.08 Å². The predicted molar refractivity (Wildman–Crippen MR) is 29.4 cm³/mol. The minimum absolute atomic E-state index is 0.234. The zero-order valence-corrected chi connectivity index (χ0v) is 4.79. The van der Waals surface area contributed by atoms with Crippen molar-refractivity contribution in [1.82, 2.24) is 4.90 Å². The first kappa shape index (κ1) is 5.48. The molecule has 0 radical (unpaired) electrons. The Bertz CT molecular complexity index is 122. The Morgan fingerprint density at radius 3 is 2.75 bits per heavy atom. The molecule has 0 aromatic heterocycles.